The molecule has 2 atom stereocenters. The van der Waals surface area contributed by atoms with Gasteiger partial charge in [0.1, 0.15) is 5.78 Å². The normalized spacial score (nSPS) is 31.8. The average Bonchev–Trinajstić information content (AvgIpc) is 2.22. The van der Waals surface area contributed by atoms with Gasteiger partial charge in [0.25, 0.3) is 0 Å². The van der Waals surface area contributed by atoms with Crippen LogP contribution in [0.25, 0.3) is 0 Å². The Labute approximate surface area is 105 Å². The predicted octanol–water partition coefficient (Wildman–Crippen LogP) is 3.49. The van der Waals surface area contributed by atoms with Gasteiger partial charge in [-0.2, -0.15) is 0 Å². The first-order valence-electron chi connectivity index (χ1n) is 6.71. The Morgan fingerprint density at radius 1 is 1.29 bits per heavy atom. The maximum absolute atomic E-state index is 11.8. The molecule has 2 heteroatoms. The van der Waals surface area contributed by atoms with Crippen molar-refractivity contribution in [3.8, 4) is 0 Å². The summed E-state index contributed by atoms with van der Waals surface area (Å²) in [7, 11) is 0. The zero-order valence-electron chi connectivity index (χ0n) is 11.6. The van der Waals surface area contributed by atoms with E-state index in [0.29, 0.717) is 18.1 Å². The molecule has 0 unspecified atom stereocenters. The van der Waals surface area contributed by atoms with Gasteiger partial charge in [-0.1, -0.05) is 18.6 Å². The standard InChI is InChI=1S/C15H26O2/c1-11-5-8-13(15(3,4)17)9-7-12(2)14(16)10-6-11/h6,12-13,17H,5,7-10H2,1-4H3/b11-6+/t12-,13+/m0/s1. The minimum absolute atomic E-state index is 0.127. The molecule has 0 aromatic heterocycles. The number of ketones is 1. The third-order valence-electron chi connectivity index (χ3n) is 4.04. The van der Waals surface area contributed by atoms with Crippen LogP contribution in [0.1, 0.15) is 59.8 Å². The summed E-state index contributed by atoms with van der Waals surface area (Å²) >= 11 is 0. The summed E-state index contributed by atoms with van der Waals surface area (Å²) in [6.45, 7) is 7.86. The van der Waals surface area contributed by atoms with E-state index in [1.165, 1.54) is 5.57 Å². The van der Waals surface area contributed by atoms with Crippen LogP contribution in [-0.4, -0.2) is 16.5 Å². The first kappa shape index (κ1) is 14.4. The highest BCUT2D eigenvalue weighted by Crippen LogP contribution is 2.30. The van der Waals surface area contributed by atoms with Crippen molar-refractivity contribution in [2.45, 2.75) is 65.4 Å². The third-order valence-corrected chi connectivity index (χ3v) is 4.04. The fourth-order valence-electron chi connectivity index (χ4n) is 2.44. The number of Topliss-reactive ketones (excluding diaryl/α,β-unsaturated/α-hetero) is 1. The number of carbonyl (C=O) groups is 1. The van der Waals surface area contributed by atoms with Crippen LogP contribution >= 0.6 is 0 Å². The van der Waals surface area contributed by atoms with Gasteiger partial charge in [0.05, 0.1) is 5.60 Å². The molecule has 0 fully saturated rings. The van der Waals surface area contributed by atoms with E-state index in [1.54, 1.807) is 0 Å². The molecule has 1 aliphatic rings. The highest BCUT2D eigenvalue weighted by molar-refractivity contribution is 5.82. The van der Waals surface area contributed by atoms with E-state index >= 15 is 0 Å². The van der Waals surface area contributed by atoms with Crippen molar-refractivity contribution in [2.24, 2.45) is 11.8 Å². The first-order chi connectivity index (χ1) is 7.80. The molecule has 0 saturated heterocycles. The highest BCUT2D eigenvalue weighted by atomic mass is 16.3. The summed E-state index contributed by atoms with van der Waals surface area (Å²) < 4.78 is 0. The van der Waals surface area contributed by atoms with Crippen LogP contribution in [0.3, 0.4) is 0 Å². The van der Waals surface area contributed by atoms with Crippen molar-refractivity contribution >= 4 is 5.78 Å². The molecule has 98 valence electrons. The van der Waals surface area contributed by atoms with Gasteiger partial charge in [-0.25, -0.2) is 0 Å². The van der Waals surface area contributed by atoms with Gasteiger partial charge in [-0.15, -0.1) is 0 Å². The van der Waals surface area contributed by atoms with Gasteiger partial charge in [0.15, 0.2) is 0 Å². The summed E-state index contributed by atoms with van der Waals surface area (Å²) in [6.07, 6.45) is 6.51. The Morgan fingerprint density at radius 3 is 2.53 bits per heavy atom. The fourth-order valence-corrected chi connectivity index (χ4v) is 2.44. The van der Waals surface area contributed by atoms with Gasteiger partial charge in [0.2, 0.25) is 0 Å². The Balaban J connectivity index is 2.78. The SMILES string of the molecule is C/C1=C\CC(=O)[C@@H](C)CC[C@H](C(C)(C)O)CC1. The van der Waals surface area contributed by atoms with Crippen LogP contribution in [0.15, 0.2) is 11.6 Å². The molecule has 1 rings (SSSR count). The topological polar surface area (TPSA) is 37.3 Å². The molecule has 17 heavy (non-hydrogen) atoms. The quantitative estimate of drug-likeness (QED) is 0.710. The van der Waals surface area contributed by atoms with Gasteiger partial charge in [0, 0.05) is 12.3 Å². The summed E-state index contributed by atoms with van der Waals surface area (Å²) in [6, 6.07) is 0. The second-order valence-corrected chi connectivity index (χ2v) is 6.09. The van der Waals surface area contributed by atoms with Gasteiger partial charge in [-0.05, 0) is 52.4 Å². The van der Waals surface area contributed by atoms with Gasteiger partial charge in [-0.3, -0.25) is 4.79 Å². The minimum Gasteiger partial charge on any atom is -0.390 e. The smallest absolute Gasteiger partial charge is 0.139 e. The molecule has 2 nitrogen and oxygen atoms in total. The molecule has 0 aromatic rings. The van der Waals surface area contributed by atoms with E-state index in [4.69, 9.17) is 0 Å². The maximum atomic E-state index is 11.8. The highest BCUT2D eigenvalue weighted by Gasteiger charge is 2.27. The lowest BCUT2D eigenvalue weighted by Gasteiger charge is -2.31. The molecule has 1 N–H and O–H groups in total. The molecule has 0 bridgehead atoms. The predicted molar refractivity (Wildman–Crippen MR) is 70.8 cm³/mol. The van der Waals surface area contributed by atoms with E-state index in [-0.39, 0.29) is 5.92 Å². The minimum atomic E-state index is -0.637. The number of carbonyl (C=O) groups excluding carboxylic acids is 1. The molecule has 1 aliphatic carbocycles. The van der Waals surface area contributed by atoms with Crippen molar-refractivity contribution < 1.29 is 9.90 Å². The lowest BCUT2D eigenvalue weighted by molar-refractivity contribution is -0.122. The second-order valence-electron chi connectivity index (χ2n) is 6.09. The molecule has 0 saturated carbocycles. The molecule has 0 heterocycles. The first-order valence-corrected chi connectivity index (χ1v) is 6.71. The number of allylic oxidation sites excluding steroid dienone is 2. The average molecular weight is 238 g/mol. The number of rotatable bonds is 1. The zero-order valence-corrected chi connectivity index (χ0v) is 11.6. The van der Waals surface area contributed by atoms with Crippen molar-refractivity contribution in [1.29, 1.82) is 0 Å². The molecule has 0 radical (unpaired) electrons. The van der Waals surface area contributed by atoms with Gasteiger partial charge >= 0.3 is 0 Å². The summed E-state index contributed by atoms with van der Waals surface area (Å²) in [4.78, 5) is 11.8. The Morgan fingerprint density at radius 2 is 1.94 bits per heavy atom. The summed E-state index contributed by atoms with van der Waals surface area (Å²) in [5, 5.41) is 10.2. The van der Waals surface area contributed by atoms with E-state index in [1.807, 2.05) is 20.8 Å². The number of aliphatic hydroxyl groups is 1. The van der Waals surface area contributed by atoms with Crippen molar-refractivity contribution in [3.05, 3.63) is 11.6 Å². The summed E-state index contributed by atoms with van der Waals surface area (Å²) in [5.41, 5.74) is 0.643. The van der Waals surface area contributed by atoms with Crippen molar-refractivity contribution in [1.82, 2.24) is 0 Å². The largest absolute Gasteiger partial charge is 0.390 e. The van der Waals surface area contributed by atoms with Gasteiger partial charge < -0.3 is 5.11 Å². The maximum Gasteiger partial charge on any atom is 0.139 e. The monoisotopic (exact) mass is 238 g/mol. The van der Waals surface area contributed by atoms with Crippen LogP contribution in [0.4, 0.5) is 0 Å². The molecule has 0 aromatic carbocycles. The van der Waals surface area contributed by atoms with E-state index < -0.39 is 5.60 Å². The van der Waals surface area contributed by atoms with E-state index in [0.717, 1.165) is 25.7 Å². The fraction of sp³-hybridized carbons (Fsp3) is 0.800. The number of hydrogen-bond acceptors (Lipinski definition) is 2. The Bertz CT molecular complexity index is 297. The van der Waals surface area contributed by atoms with Crippen LogP contribution in [0.5, 0.6) is 0 Å². The summed E-state index contributed by atoms with van der Waals surface area (Å²) in [5.74, 6) is 0.752. The molecular formula is C15H26O2. The van der Waals surface area contributed by atoms with E-state index in [9.17, 15) is 9.90 Å². The Kier molecular flexibility index (Phi) is 4.93. The lowest BCUT2D eigenvalue weighted by atomic mass is 9.79. The van der Waals surface area contributed by atoms with Crippen LogP contribution in [-0.2, 0) is 4.79 Å². The van der Waals surface area contributed by atoms with Crippen LogP contribution in [0.2, 0.25) is 0 Å². The van der Waals surface area contributed by atoms with E-state index in [2.05, 4.69) is 13.0 Å². The lowest BCUT2D eigenvalue weighted by Crippen LogP contribution is -2.31. The second kappa shape index (κ2) is 5.81. The zero-order chi connectivity index (χ0) is 13.1. The molecule has 0 aliphatic heterocycles. The van der Waals surface area contributed by atoms with Crippen molar-refractivity contribution in [2.75, 3.05) is 0 Å². The third kappa shape index (κ3) is 4.63. The molecule has 0 amide bonds. The molecule has 0 spiro atoms. The van der Waals surface area contributed by atoms with Crippen LogP contribution < -0.4 is 0 Å². The Hall–Kier alpha value is -0.630. The molecular weight excluding hydrogens is 212 g/mol. The number of hydrogen-bond donors (Lipinski definition) is 1. The van der Waals surface area contributed by atoms with Crippen molar-refractivity contribution in [3.63, 3.8) is 0 Å². The van der Waals surface area contributed by atoms with Crippen LogP contribution in [0, 0.1) is 11.8 Å².